The van der Waals surface area contributed by atoms with Crippen molar-refractivity contribution in [1.82, 2.24) is 14.9 Å². The molecule has 5 nitrogen and oxygen atoms in total. The maximum Gasteiger partial charge on any atom is 0.270 e. The van der Waals surface area contributed by atoms with E-state index in [1.54, 1.807) is 0 Å². The van der Waals surface area contributed by atoms with Crippen LogP contribution in [0.1, 0.15) is 31.4 Å². The van der Waals surface area contributed by atoms with Gasteiger partial charge in [0.2, 0.25) is 5.91 Å². The van der Waals surface area contributed by atoms with Crippen LogP contribution in [0.15, 0.2) is 29.1 Å². The summed E-state index contributed by atoms with van der Waals surface area (Å²) in [5.74, 6) is 3.38. The Morgan fingerprint density at radius 3 is 2.64 bits per heavy atom. The molecule has 1 aromatic carbocycles. The molecule has 1 aromatic heterocycles. The number of carbonyl (C=O) groups excluding carboxylic acids is 1. The number of nitrogens with one attached hydrogen (secondary N) is 1. The highest BCUT2D eigenvalue weighted by Crippen LogP contribution is 2.55. The quantitative estimate of drug-likeness (QED) is 0.935. The van der Waals surface area contributed by atoms with Gasteiger partial charge in [0, 0.05) is 25.9 Å². The largest absolute Gasteiger partial charge is 0.342 e. The van der Waals surface area contributed by atoms with Crippen LogP contribution in [-0.2, 0) is 11.2 Å². The number of likely N-dealkylation sites (tertiary alicyclic amines) is 1. The molecular weight excluding hydrogens is 314 g/mol. The van der Waals surface area contributed by atoms with E-state index in [1.807, 2.05) is 24.3 Å². The van der Waals surface area contributed by atoms with Crippen LogP contribution >= 0.6 is 0 Å². The third kappa shape index (κ3) is 2.48. The molecule has 5 heteroatoms. The lowest BCUT2D eigenvalue weighted by atomic mass is 9.82. The number of H-pyrrole nitrogens is 1. The number of hydrogen-bond donors (Lipinski definition) is 1. The number of nitrogens with zero attached hydrogens (tertiary/aromatic N) is 2. The van der Waals surface area contributed by atoms with Crippen molar-refractivity contribution >= 4 is 16.9 Å². The molecule has 3 aliphatic rings. The Bertz CT molecular complexity index is 872. The second-order valence-electron chi connectivity index (χ2n) is 7.99. The first-order chi connectivity index (χ1) is 12.2. The average Bonchev–Trinajstić information content (AvgIpc) is 3.32. The smallest absolute Gasteiger partial charge is 0.270 e. The van der Waals surface area contributed by atoms with Gasteiger partial charge in [-0.1, -0.05) is 12.1 Å². The number of rotatable bonds is 3. The van der Waals surface area contributed by atoms with E-state index in [9.17, 15) is 9.59 Å². The minimum absolute atomic E-state index is 0.178. The molecule has 0 radical (unpaired) electrons. The summed E-state index contributed by atoms with van der Waals surface area (Å²) in [6, 6.07) is 7.50. The van der Waals surface area contributed by atoms with E-state index >= 15 is 0 Å². The van der Waals surface area contributed by atoms with E-state index in [4.69, 9.17) is 0 Å². The molecule has 1 saturated heterocycles. The monoisotopic (exact) mass is 337 g/mol. The van der Waals surface area contributed by atoms with Crippen LogP contribution in [0.25, 0.3) is 11.0 Å². The summed E-state index contributed by atoms with van der Waals surface area (Å²) < 4.78 is 0. The van der Waals surface area contributed by atoms with Crippen LogP contribution in [0.2, 0.25) is 0 Å². The predicted octanol–water partition coefficient (Wildman–Crippen LogP) is 2.36. The van der Waals surface area contributed by atoms with Gasteiger partial charge in [0.25, 0.3) is 5.56 Å². The zero-order valence-electron chi connectivity index (χ0n) is 14.3. The standard InChI is InChI=1S/C20H23N3O2/c24-19(23-10-14-12-5-6-13(9-12)15(14)11-23)8-7-18-20(25)22-17-4-2-1-3-16(17)21-18/h1-4,12-15H,5-11H2,(H,22,25)/t12-,13+,14-,15+. The van der Waals surface area contributed by atoms with Gasteiger partial charge in [0.1, 0.15) is 5.69 Å². The van der Waals surface area contributed by atoms with Gasteiger partial charge in [0.15, 0.2) is 0 Å². The molecule has 3 fully saturated rings. The van der Waals surface area contributed by atoms with E-state index in [0.717, 1.165) is 47.8 Å². The van der Waals surface area contributed by atoms with Crippen LogP contribution in [0.4, 0.5) is 0 Å². The minimum atomic E-state index is -0.178. The van der Waals surface area contributed by atoms with E-state index in [0.29, 0.717) is 18.5 Å². The fraction of sp³-hybridized carbons (Fsp3) is 0.550. The van der Waals surface area contributed by atoms with Gasteiger partial charge in [-0.25, -0.2) is 4.98 Å². The third-order valence-corrected chi connectivity index (χ3v) is 6.74. The molecule has 2 aliphatic carbocycles. The predicted molar refractivity (Wildman–Crippen MR) is 95.1 cm³/mol. The van der Waals surface area contributed by atoms with Crippen molar-refractivity contribution in [2.75, 3.05) is 13.1 Å². The summed E-state index contributed by atoms with van der Waals surface area (Å²) in [6.45, 7) is 1.87. The number of aromatic amines is 1. The van der Waals surface area contributed by atoms with Crippen molar-refractivity contribution in [2.45, 2.75) is 32.1 Å². The lowest BCUT2D eigenvalue weighted by Crippen LogP contribution is -2.31. The van der Waals surface area contributed by atoms with Crippen LogP contribution in [0.3, 0.4) is 0 Å². The van der Waals surface area contributed by atoms with Crippen molar-refractivity contribution < 1.29 is 4.79 Å². The second kappa shape index (κ2) is 5.68. The maximum absolute atomic E-state index is 12.6. The van der Waals surface area contributed by atoms with E-state index in [2.05, 4.69) is 14.9 Å². The number of hydrogen-bond acceptors (Lipinski definition) is 3. The van der Waals surface area contributed by atoms with Crippen molar-refractivity contribution in [2.24, 2.45) is 23.7 Å². The molecule has 2 bridgehead atoms. The summed E-state index contributed by atoms with van der Waals surface area (Å²) in [5, 5.41) is 0. The Kier molecular flexibility index (Phi) is 3.43. The molecule has 2 heterocycles. The van der Waals surface area contributed by atoms with Crippen LogP contribution in [-0.4, -0.2) is 33.9 Å². The SMILES string of the molecule is O=C(CCc1nc2ccccc2[nH]c1=O)N1C[C@@H]2[C@@H]3CC[C@@H](C3)[C@@H]2C1. The molecule has 130 valence electrons. The Balaban J connectivity index is 1.27. The van der Waals surface area contributed by atoms with Gasteiger partial charge in [-0.15, -0.1) is 0 Å². The maximum atomic E-state index is 12.6. The fourth-order valence-corrected chi connectivity index (χ4v) is 5.51. The Labute approximate surface area is 146 Å². The first-order valence-corrected chi connectivity index (χ1v) is 9.45. The van der Waals surface area contributed by atoms with Gasteiger partial charge in [-0.05, 0) is 55.1 Å². The van der Waals surface area contributed by atoms with E-state index in [1.165, 1.54) is 19.3 Å². The van der Waals surface area contributed by atoms with Gasteiger partial charge in [-0.2, -0.15) is 0 Å². The number of carbonyl (C=O) groups is 1. The highest BCUT2D eigenvalue weighted by atomic mass is 16.2. The summed E-state index contributed by atoms with van der Waals surface area (Å²) in [4.78, 5) is 34.2. The molecule has 25 heavy (non-hydrogen) atoms. The molecule has 1 N–H and O–H groups in total. The van der Waals surface area contributed by atoms with Gasteiger partial charge in [-0.3, -0.25) is 9.59 Å². The topological polar surface area (TPSA) is 66.1 Å². The van der Waals surface area contributed by atoms with Crippen molar-refractivity contribution in [3.05, 3.63) is 40.3 Å². The molecule has 1 amide bonds. The summed E-state index contributed by atoms with van der Waals surface area (Å²) in [5.41, 5.74) is 1.80. The molecular formula is C20H23N3O2. The highest BCUT2D eigenvalue weighted by molar-refractivity contribution is 5.77. The van der Waals surface area contributed by atoms with E-state index < -0.39 is 0 Å². The molecule has 5 rings (SSSR count). The first kappa shape index (κ1) is 15.1. The minimum Gasteiger partial charge on any atom is -0.342 e. The van der Waals surface area contributed by atoms with Gasteiger partial charge >= 0.3 is 0 Å². The number of aromatic nitrogens is 2. The lowest BCUT2D eigenvalue weighted by molar-refractivity contribution is -0.130. The third-order valence-electron chi connectivity index (χ3n) is 6.74. The number of aryl methyl sites for hydroxylation is 1. The first-order valence-electron chi connectivity index (χ1n) is 9.45. The number of benzene rings is 1. The van der Waals surface area contributed by atoms with E-state index in [-0.39, 0.29) is 11.5 Å². The van der Waals surface area contributed by atoms with Crippen molar-refractivity contribution in [1.29, 1.82) is 0 Å². The van der Waals surface area contributed by atoms with Crippen molar-refractivity contribution in [3.8, 4) is 0 Å². The normalized spacial score (nSPS) is 30.2. The lowest BCUT2D eigenvalue weighted by Gasteiger charge is -2.22. The Hall–Kier alpha value is -2.17. The van der Waals surface area contributed by atoms with Crippen LogP contribution in [0, 0.1) is 23.7 Å². The van der Waals surface area contributed by atoms with Crippen LogP contribution in [0.5, 0.6) is 0 Å². The summed E-state index contributed by atoms with van der Waals surface area (Å²) in [7, 11) is 0. The number of para-hydroxylation sites is 2. The highest BCUT2D eigenvalue weighted by Gasteiger charge is 2.52. The molecule has 2 aromatic rings. The van der Waals surface area contributed by atoms with Gasteiger partial charge < -0.3 is 9.88 Å². The molecule has 4 atom stereocenters. The molecule has 1 aliphatic heterocycles. The molecule has 0 unspecified atom stereocenters. The fourth-order valence-electron chi connectivity index (χ4n) is 5.51. The second-order valence-corrected chi connectivity index (χ2v) is 7.99. The Morgan fingerprint density at radius 1 is 1.16 bits per heavy atom. The zero-order valence-corrected chi connectivity index (χ0v) is 14.3. The summed E-state index contributed by atoms with van der Waals surface area (Å²) in [6.07, 6.45) is 4.92. The van der Waals surface area contributed by atoms with Crippen molar-refractivity contribution in [3.63, 3.8) is 0 Å². The number of amides is 1. The number of fused-ring (bicyclic) bond motifs is 6. The zero-order chi connectivity index (χ0) is 17.0. The summed E-state index contributed by atoms with van der Waals surface area (Å²) >= 11 is 0. The molecule has 2 saturated carbocycles. The average molecular weight is 337 g/mol. The molecule has 0 spiro atoms. The van der Waals surface area contributed by atoms with Crippen LogP contribution < -0.4 is 5.56 Å². The van der Waals surface area contributed by atoms with Gasteiger partial charge in [0.05, 0.1) is 11.0 Å². The Morgan fingerprint density at radius 2 is 1.88 bits per heavy atom.